The fourth-order valence-corrected chi connectivity index (χ4v) is 2.01. The zero-order chi connectivity index (χ0) is 15.3. The van der Waals surface area contributed by atoms with Crippen molar-refractivity contribution in [1.29, 1.82) is 0 Å². The maximum atomic E-state index is 12.1. The molecule has 8 heteroatoms. The smallest absolute Gasteiger partial charge is 0.318 e. The molecule has 0 aromatic rings. The highest BCUT2D eigenvalue weighted by molar-refractivity contribution is 5.86. The summed E-state index contributed by atoms with van der Waals surface area (Å²) in [4.78, 5) is 37.4. The van der Waals surface area contributed by atoms with Crippen molar-refractivity contribution in [3.8, 4) is 0 Å². The predicted octanol–water partition coefficient (Wildman–Crippen LogP) is -0.652. The van der Waals surface area contributed by atoms with Crippen molar-refractivity contribution in [3.05, 3.63) is 0 Å². The molecule has 0 aliphatic carbocycles. The molecule has 114 valence electrons. The van der Waals surface area contributed by atoms with Crippen molar-refractivity contribution in [2.75, 3.05) is 33.9 Å². The first kappa shape index (κ1) is 16.2. The molecule has 3 amide bonds. The Bertz CT molecular complexity index is 385. The van der Waals surface area contributed by atoms with Crippen LogP contribution in [0.3, 0.4) is 0 Å². The molecule has 1 saturated heterocycles. The maximum Gasteiger partial charge on any atom is 0.318 e. The Hall–Kier alpha value is -1.83. The number of urea groups is 1. The second kappa shape index (κ2) is 7.09. The number of carboxylic acid groups (broad SMARTS) is 1. The van der Waals surface area contributed by atoms with Crippen LogP contribution in [0.4, 0.5) is 4.79 Å². The second-order valence-electron chi connectivity index (χ2n) is 4.92. The molecular weight excluding hydrogens is 266 g/mol. The Morgan fingerprint density at radius 3 is 2.65 bits per heavy atom. The number of carboxylic acids is 1. The third-order valence-electron chi connectivity index (χ3n) is 3.05. The number of carbonyl (C=O) groups is 3. The van der Waals surface area contributed by atoms with Gasteiger partial charge in [-0.2, -0.15) is 0 Å². The first-order valence-corrected chi connectivity index (χ1v) is 6.40. The van der Waals surface area contributed by atoms with Crippen LogP contribution in [0.5, 0.6) is 0 Å². The van der Waals surface area contributed by atoms with Crippen molar-refractivity contribution < 1.29 is 24.2 Å². The summed E-state index contributed by atoms with van der Waals surface area (Å²) in [5.41, 5.74) is 0. The van der Waals surface area contributed by atoms with Gasteiger partial charge in [0.05, 0.1) is 25.7 Å². The van der Waals surface area contributed by atoms with Gasteiger partial charge in [-0.25, -0.2) is 4.79 Å². The summed E-state index contributed by atoms with van der Waals surface area (Å²) in [6, 6.07) is -1.61. The van der Waals surface area contributed by atoms with Gasteiger partial charge >= 0.3 is 12.0 Å². The van der Waals surface area contributed by atoms with Crippen LogP contribution in [0.25, 0.3) is 0 Å². The topological polar surface area (TPSA) is 99.2 Å². The van der Waals surface area contributed by atoms with E-state index >= 15 is 0 Å². The Morgan fingerprint density at radius 1 is 1.45 bits per heavy atom. The summed E-state index contributed by atoms with van der Waals surface area (Å²) in [5.74, 6) is -1.21. The highest BCUT2D eigenvalue weighted by Crippen LogP contribution is 2.11. The lowest BCUT2D eigenvalue weighted by Crippen LogP contribution is -2.56. The summed E-state index contributed by atoms with van der Waals surface area (Å²) >= 11 is 0. The molecule has 0 spiro atoms. The number of nitrogens with zero attached hydrogens (tertiary/aromatic N) is 2. The summed E-state index contributed by atoms with van der Waals surface area (Å²) in [6.07, 6.45) is -0.177. The van der Waals surface area contributed by atoms with E-state index in [4.69, 9.17) is 9.84 Å². The molecule has 1 aliphatic rings. The van der Waals surface area contributed by atoms with Crippen molar-refractivity contribution >= 4 is 17.9 Å². The Morgan fingerprint density at radius 2 is 2.10 bits per heavy atom. The molecule has 8 nitrogen and oxygen atoms in total. The number of amides is 3. The molecule has 0 aromatic heterocycles. The summed E-state index contributed by atoms with van der Waals surface area (Å²) in [6.45, 7) is 2.45. The molecule has 1 rings (SSSR count). The van der Waals surface area contributed by atoms with E-state index in [1.54, 1.807) is 21.0 Å². The van der Waals surface area contributed by atoms with Gasteiger partial charge in [0, 0.05) is 20.6 Å². The number of nitrogens with one attached hydrogen (secondary N) is 1. The van der Waals surface area contributed by atoms with E-state index < -0.39 is 24.1 Å². The third-order valence-corrected chi connectivity index (χ3v) is 3.05. The van der Waals surface area contributed by atoms with Gasteiger partial charge in [-0.05, 0) is 6.92 Å². The highest BCUT2D eigenvalue weighted by atomic mass is 16.5. The molecule has 0 saturated carbocycles. The number of likely N-dealkylation sites (N-methyl/N-ethyl adjacent to an activating group) is 1. The molecule has 1 aliphatic heterocycles. The number of aliphatic carboxylic acids is 1. The maximum absolute atomic E-state index is 12.1. The first-order valence-electron chi connectivity index (χ1n) is 6.40. The van der Waals surface area contributed by atoms with Gasteiger partial charge in [0.1, 0.15) is 6.04 Å². The van der Waals surface area contributed by atoms with Crippen LogP contribution in [0.15, 0.2) is 0 Å². The highest BCUT2D eigenvalue weighted by Gasteiger charge is 2.30. The predicted molar refractivity (Wildman–Crippen MR) is 70.3 cm³/mol. The van der Waals surface area contributed by atoms with Gasteiger partial charge in [0.15, 0.2) is 0 Å². The van der Waals surface area contributed by atoms with E-state index in [9.17, 15) is 14.4 Å². The fraction of sp³-hybridized carbons (Fsp3) is 0.750. The van der Waals surface area contributed by atoms with E-state index in [0.717, 1.165) is 0 Å². The average molecular weight is 287 g/mol. The van der Waals surface area contributed by atoms with Gasteiger partial charge in [-0.15, -0.1) is 0 Å². The number of carbonyl (C=O) groups excluding carboxylic acids is 2. The summed E-state index contributed by atoms with van der Waals surface area (Å²) in [7, 11) is 3.21. The van der Waals surface area contributed by atoms with Crippen LogP contribution in [0, 0.1) is 0 Å². The molecular formula is C12H21N3O5. The van der Waals surface area contributed by atoms with Crippen LogP contribution in [-0.2, 0) is 14.3 Å². The Balaban J connectivity index is 2.63. The van der Waals surface area contributed by atoms with Gasteiger partial charge in [0.25, 0.3) is 0 Å². The largest absolute Gasteiger partial charge is 0.481 e. The standard InChI is InChI=1S/C12H21N3O5/c1-8(11(18)14(2)3)13-12(19)15-4-5-20-7-9(15)6-10(16)17/h8-9H,4-7H2,1-3H3,(H,13,19)(H,16,17). The molecule has 0 bridgehead atoms. The lowest BCUT2D eigenvalue weighted by Gasteiger charge is -2.35. The van der Waals surface area contributed by atoms with Crippen molar-refractivity contribution in [2.24, 2.45) is 0 Å². The van der Waals surface area contributed by atoms with Crippen LogP contribution < -0.4 is 5.32 Å². The SMILES string of the molecule is CC(NC(=O)N1CCOCC1CC(=O)O)C(=O)N(C)C. The zero-order valence-corrected chi connectivity index (χ0v) is 12.0. The summed E-state index contributed by atoms with van der Waals surface area (Å²) < 4.78 is 5.19. The van der Waals surface area contributed by atoms with Crippen LogP contribution in [0.2, 0.25) is 0 Å². The van der Waals surface area contributed by atoms with E-state index in [1.165, 1.54) is 9.80 Å². The Kier molecular flexibility index (Phi) is 5.75. The number of hydrogen-bond acceptors (Lipinski definition) is 4. The minimum Gasteiger partial charge on any atom is -0.481 e. The molecule has 1 heterocycles. The molecule has 2 atom stereocenters. The molecule has 1 fully saturated rings. The molecule has 2 N–H and O–H groups in total. The van der Waals surface area contributed by atoms with E-state index in [1.807, 2.05) is 0 Å². The number of ether oxygens (including phenoxy) is 1. The van der Waals surface area contributed by atoms with Crippen molar-refractivity contribution in [3.63, 3.8) is 0 Å². The van der Waals surface area contributed by atoms with Crippen molar-refractivity contribution in [2.45, 2.75) is 25.4 Å². The van der Waals surface area contributed by atoms with E-state index in [2.05, 4.69) is 5.32 Å². The average Bonchev–Trinajstić information content (AvgIpc) is 2.37. The molecule has 2 unspecified atom stereocenters. The Labute approximate surface area is 117 Å². The van der Waals surface area contributed by atoms with Crippen LogP contribution in [0.1, 0.15) is 13.3 Å². The third kappa shape index (κ3) is 4.37. The minimum absolute atomic E-state index is 0.177. The van der Waals surface area contributed by atoms with Crippen LogP contribution >= 0.6 is 0 Å². The van der Waals surface area contributed by atoms with Gasteiger partial charge in [-0.1, -0.05) is 0 Å². The monoisotopic (exact) mass is 287 g/mol. The lowest BCUT2D eigenvalue weighted by molar-refractivity contribution is -0.139. The zero-order valence-electron chi connectivity index (χ0n) is 12.0. The van der Waals surface area contributed by atoms with E-state index in [-0.39, 0.29) is 18.9 Å². The minimum atomic E-state index is -0.990. The van der Waals surface area contributed by atoms with Crippen LogP contribution in [-0.4, -0.2) is 78.8 Å². The molecule has 0 radical (unpaired) electrons. The van der Waals surface area contributed by atoms with Crippen molar-refractivity contribution in [1.82, 2.24) is 15.1 Å². The number of morpholine rings is 1. The summed E-state index contributed by atoms with van der Waals surface area (Å²) in [5, 5.41) is 11.4. The van der Waals surface area contributed by atoms with Gasteiger partial charge in [0.2, 0.25) is 5.91 Å². The number of hydrogen-bond donors (Lipinski definition) is 2. The lowest BCUT2D eigenvalue weighted by atomic mass is 10.1. The van der Waals surface area contributed by atoms with E-state index in [0.29, 0.717) is 13.2 Å². The fourth-order valence-electron chi connectivity index (χ4n) is 2.01. The molecule has 20 heavy (non-hydrogen) atoms. The van der Waals surface area contributed by atoms with Gasteiger partial charge in [-0.3, -0.25) is 9.59 Å². The van der Waals surface area contributed by atoms with Gasteiger partial charge < -0.3 is 25.0 Å². The number of rotatable bonds is 4. The quantitative estimate of drug-likeness (QED) is 0.715. The first-order chi connectivity index (χ1) is 9.32. The molecule has 0 aromatic carbocycles. The normalized spacial score (nSPS) is 20.1. The second-order valence-corrected chi connectivity index (χ2v) is 4.92.